The van der Waals surface area contributed by atoms with Gasteiger partial charge in [-0.15, -0.1) is 0 Å². The molecule has 0 saturated carbocycles. The maximum absolute atomic E-state index is 11.7. The van der Waals surface area contributed by atoms with Crippen LogP contribution in [0.5, 0.6) is 0 Å². The van der Waals surface area contributed by atoms with E-state index in [-0.39, 0.29) is 30.0 Å². The largest absolute Gasteiger partial charge is 0.462 e. The van der Waals surface area contributed by atoms with Crippen molar-refractivity contribution in [3.63, 3.8) is 0 Å². The minimum atomic E-state index is -0.557. The summed E-state index contributed by atoms with van der Waals surface area (Å²) in [5.41, 5.74) is 1.62. The minimum absolute atomic E-state index is 0.133. The molecule has 0 bridgehead atoms. The maximum atomic E-state index is 11.7. The van der Waals surface area contributed by atoms with Crippen LogP contribution in [0.15, 0.2) is 23.8 Å². The number of esters is 1. The van der Waals surface area contributed by atoms with Gasteiger partial charge in [-0.3, -0.25) is 4.79 Å². The van der Waals surface area contributed by atoms with Gasteiger partial charge >= 0.3 is 5.97 Å². The number of allylic oxidation sites excluding steroid dienone is 3. The lowest BCUT2D eigenvalue weighted by atomic mass is 9.65. The zero-order chi connectivity index (χ0) is 21.2. The number of aliphatic hydroxyl groups is 1. The lowest BCUT2D eigenvalue weighted by Gasteiger charge is -2.44. The molecule has 29 heavy (non-hydrogen) atoms. The van der Waals surface area contributed by atoms with E-state index in [4.69, 9.17) is 9.47 Å². The number of carbonyl (C=O) groups excluding carboxylic acids is 1. The average Bonchev–Trinajstić information content (AvgIpc) is 2.64. The van der Waals surface area contributed by atoms with Crippen molar-refractivity contribution in [2.45, 2.75) is 91.5 Å². The summed E-state index contributed by atoms with van der Waals surface area (Å²) < 4.78 is 12.1. The third kappa shape index (κ3) is 5.73. The Morgan fingerprint density at radius 3 is 2.79 bits per heavy atom. The van der Waals surface area contributed by atoms with Crippen LogP contribution in [0.4, 0.5) is 0 Å². The van der Waals surface area contributed by atoms with Crippen molar-refractivity contribution in [1.29, 1.82) is 0 Å². The van der Waals surface area contributed by atoms with Crippen LogP contribution in [0, 0.1) is 29.1 Å². The SMILES string of the molecule is CCC(C)(C)COC1CC(C)C=C2C=CCC(C(C)CC3CC(O)CC(=O)O3)C21. The summed E-state index contributed by atoms with van der Waals surface area (Å²) in [5, 5.41) is 9.96. The van der Waals surface area contributed by atoms with E-state index in [9.17, 15) is 9.90 Å². The van der Waals surface area contributed by atoms with Gasteiger partial charge in [0.2, 0.25) is 0 Å². The molecule has 1 aliphatic heterocycles. The van der Waals surface area contributed by atoms with Crippen molar-refractivity contribution in [3.05, 3.63) is 23.8 Å². The molecule has 0 aromatic heterocycles. The summed E-state index contributed by atoms with van der Waals surface area (Å²) in [5.74, 6) is 1.55. The predicted molar refractivity (Wildman–Crippen MR) is 115 cm³/mol. The Labute approximate surface area is 176 Å². The highest BCUT2D eigenvalue weighted by Gasteiger charge is 2.41. The van der Waals surface area contributed by atoms with Gasteiger partial charge in [0.1, 0.15) is 6.10 Å². The van der Waals surface area contributed by atoms with E-state index in [2.05, 4.69) is 52.8 Å². The zero-order valence-corrected chi connectivity index (χ0v) is 18.9. The second kappa shape index (κ2) is 9.34. The summed E-state index contributed by atoms with van der Waals surface area (Å²) in [6.45, 7) is 12.1. The highest BCUT2D eigenvalue weighted by Crippen LogP contribution is 2.45. The molecule has 0 amide bonds. The van der Waals surface area contributed by atoms with Gasteiger partial charge in [0.05, 0.1) is 25.2 Å². The molecule has 3 rings (SSSR count). The number of aliphatic hydroxyl groups excluding tert-OH is 1. The zero-order valence-electron chi connectivity index (χ0n) is 18.9. The molecule has 2 aliphatic carbocycles. The van der Waals surface area contributed by atoms with Crippen molar-refractivity contribution in [3.8, 4) is 0 Å². The molecule has 7 unspecified atom stereocenters. The van der Waals surface area contributed by atoms with E-state index < -0.39 is 6.10 Å². The third-order valence-corrected chi connectivity index (χ3v) is 7.29. The molecular formula is C25H40O4. The van der Waals surface area contributed by atoms with Gasteiger partial charge in [-0.2, -0.15) is 0 Å². The van der Waals surface area contributed by atoms with E-state index >= 15 is 0 Å². The van der Waals surface area contributed by atoms with Gasteiger partial charge in [-0.05, 0) is 54.4 Å². The van der Waals surface area contributed by atoms with Crippen LogP contribution in [0.3, 0.4) is 0 Å². The smallest absolute Gasteiger partial charge is 0.308 e. The molecule has 4 heteroatoms. The quantitative estimate of drug-likeness (QED) is 0.603. The summed E-state index contributed by atoms with van der Waals surface area (Å²) >= 11 is 0. The standard InChI is InChI=1S/C25H40O4/c1-6-25(4,5)15-28-22-11-16(2)10-18-8-7-9-21(24(18)22)17(3)12-20-13-19(26)14-23(27)29-20/h7-8,10,16-17,19-22,24,26H,6,9,11-15H2,1-5H3. The molecule has 3 aliphatic rings. The van der Waals surface area contributed by atoms with Crippen molar-refractivity contribution in [2.75, 3.05) is 6.61 Å². The van der Waals surface area contributed by atoms with Gasteiger partial charge in [0, 0.05) is 12.3 Å². The van der Waals surface area contributed by atoms with Gasteiger partial charge in [0.15, 0.2) is 0 Å². The Kier molecular flexibility index (Phi) is 7.27. The second-order valence-electron chi connectivity index (χ2n) is 10.5. The van der Waals surface area contributed by atoms with E-state index in [1.54, 1.807) is 0 Å². The fourth-order valence-electron chi connectivity index (χ4n) is 5.22. The fourth-order valence-corrected chi connectivity index (χ4v) is 5.22. The Morgan fingerprint density at radius 1 is 1.34 bits per heavy atom. The second-order valence-corrected chi connectivity index (χ2v) is 10.5. The average molecular weight is 405 g/mol. The lowest BCUT2D eigenvalue weighted by Crippen LogP contribution is -2.42. The first-order valence-electron chi connectivity index (χ1n) is 11.6. The van der Waals surface area contributed by atoms with Crippen LogP contribution < -0.4 is 0 Å². The summed E-state index contributed by atoms with van der Waals surface area (Å²) in [7, 11) is 0. The Balaban J connectivity index is 1.72. The molecule has 1 fully saturated rings. The molecule has 0 aromatic carbocycles. The normalized spacial score (nSPS) is 36.2. The molecule has 1 heterocycles. The highest BCUT2D eigenvalue weighted by atomic mass is 16.5. The molecule has 0 radical (unpaired) electrons. The molecule has 4 nitrogen and oxygen atoms in total. The van der Waals surface area contributed by atoms with Crippen molar-refractivity contribution < 1.29 is 19.4 Å². The number of hydrogen-bond acceptors (Lipinski definition) is 4. The van der Waals surface area contributed by atoms with Crippen LogP contribution in [0.2, 0.25) is 0 Å². The first kappa shape index (κ1) is 22.6. The first-order valence-corrected chi connectivity index (χ1v) is 11.6. The van der Waals surface area contributed by atoms with Crippen LogP contribution in [-0.4, -0.2) is 36.0 Å². The molecule has 0 spiro atoms. The monoisotopic (exact) mass is 404 g/mol. The molecule has 0 aromatic rings. The highest BCUT2D eigenvalue weighted by molar-refractivity contribution is 5.70. The van der Waals surface area contributed by atoms with Gasteiger partial charge in [0.25, 0.3) is 0 Å². The van der Waals surface area contributed by atoms with Crippen LogP contribution in [0.1, 0.15) is 73.1 Å². The van der Waals surface area contributed by atoms with E-state index in [1.807, 2.05) is 0 Å². The molecule has 1 N–H and O–H groups in total. The van der Waals surface area contributed by atoms with Gasteiger partial charge in [-0.1, -0.05) is 52.8 Å². The molecule has 164 valence electrons. The van der Waals surface area contributed by atoms with Crippen molar-refractivity contribution in [1.82, 2.24) is 0 Å². The number of hydrogen-bond donors (Lipinski definition) is 1. The summed E-state index contributed by atoms with van der Waals surface area (Å²) in [6, 6.07) is 0. The van der Waals surface area contributed by atoms with Crippen LogP contribution >= 0.6 is 0 Å². The van der Waals surface area contributed by atoms with E-state index in [1.165, 1.54) is 5.57 Å². The Hall–Kier alpha value is -1.13. The van der Waals surface area contributed by atoms with E-state index in [0.29, 0.717) is 30.1 Å². The Bertz CT molecular complexity index is 635. The lowest BCUT2D eigenvalue weighted by molar-refractivity contribution is -0.161. The predicted octanol–water partition coefficient (Wildman–Crippen LogP) is 5.06. The van der Waals surface area contributed by atoms with Crippen molar-refractivity contribution >= 4 is 5.97 Å². The first-order chi connectivity index (χ1) is 13.7. The molecular weight excluding hydrogens is 364 g/mol. The maximum Gasteiger partial charge on any atom is 0.308 e. The van der Waals surface area contributed by atoms with Gasteiger partial charge in [-0.25, -0.2) is 0 Å². The summed E-state index contributed by atoms with van der Waals surface area (Å²) in [4.78, 5) is 11.7. The van der Waals surface area contributed by atoms with Crippen molar-refractivity contribution in [2.24, 2.45) is 29.1 Å². The van der Waals surface area contributed by atoms with Gasteiger partial charge < -0.3 is 14.6 Å². The van der Waals surface area contributed by atoms with E-state index in [0.717, 1.165) is 32.3 Å². The minimum Gasteiger partial charge on any atom is -0.462 e. The number of cyclic esters (lactones) is 1. The third-order valence-electron chi connectivity index (χ3n) is 7.29. The number of fused-ring (bicyclic) bond motifs is 1. The van der Waals surface area contributed by atoms with Crippen LogP contribution in [0.25, 0.3) is 0 Å². The van der Waals surface area contributed by atoms with Crippen LogP contribution in [-0.2, 0) is 14.3 Å². The number of carbonyl (C=O) groups is 1. The molecule has 1 saturated heterocycles. The number of ether oxygens (including phenoxy) is 2. The fraction of sp³-hybridized carbons (Fsp3) is 0.800. The summed E-state index contributed by atoms with van der Waals surface area (Å²) in [6.07, 6.45) is 11.3. The molecule has 7 atom stereocenters. The Morgan fingerprint density at radius 2 is 2.10 bits per heavy atom. The number of rotatable bonds is 7. The topological polar surface area (TPSA) is 55.8 Å².